The molecule has 2 N–H and O–H groups in total. The number of halogens is 7. The number of hydrogen-bond acceptors (Lipinski definition) is 5. The molecule has 2 amide bonds. The molecule has 0 atom stereocenters. The molecule has 3 aromatic rings. The van der Waals surface area contributed by atoms with Crippen LogP contribution in [-0.2, 0) is 12.1 Å². The molecule has 1 aromatic heterocycles. The van der Waals surface area contributed by atoms with Crippen LogP contribution in [0.2, 0.25) is 0 Å². The molecular weight excluding hydrogens is 561 g/mol. The van der Waals surface area contributed by atoms with Crippen LogP contribution in [0.3, 0.4) is 0 Å². The maximum Gasteiger partial charge on any atom is 0.430 e. The highest BCUT2D eigenvalue weighted by Gasteiger charge is 2.71. The predicted molar refractivity (Wildman–Crippen MR) is 132 cm³/mol. The lowest BCUT2D eigenvalue weighted by molar-refractivity contribution is -0.376. The molecule has 2 heterocycles. The van der Waals surface area contributed by atoms with Crippen molar-refractivity contribution in [3.05, 3.63) is 95.1 Å². The first-order valence-corrected chi connectivity index (χ1v) is 12.2. The number of anilines is 1. The van der Waals surface area contributed by atoms with Crippen LogP contribution in [0.5, 0.6) is 0 Å². The van der Waals surface area contributed by atoms with Gasteiger partial charge in [0.2, 0.25) is 0 Å². The summed E-state index contributed by atoms with van der Waals surface area (Å²) in [6, 6.07) is 9.93. The molecule has 0 aliphatic carbocycles. The van der Waals surface area contributed by atoms with E-state index in [4.69, 9.17) is 0 Å². The first-order valence-electron chi connectivity index (χ1n) is 12.2. The fourth-order valence-corrected chi connectivity index (χ4v) is 4.34. The number of rotatable bonds is 6. The summed E-state index contributed by atoms with van der Waals surface area (Å²) in [4.78, 5) is 32.3. The number of aromatic nitrogens is 1. The van der Waals surface area contributed by atoms with Crippen molar-refractivity contribution in [2.45, 2.75) is 24.5 Å². The molecule has 1 aliphatic heterocycles. The minimum atomic E-state index is -5.97. The summed E-state index contributed by atoms with van der Waals surface area (Å²) < 4.78 is 93.2. The van der Waals surface area contributed by atoms with Crippen molar-refractivity contribution in [3.8, 4) is 0 Å². The van der Waals surface area contributed by atoms with E-state index in [9.17, 15) is 45.4 Å². The molecule has 0 unspecified atom stereocenters. The van der Waals surface area contributed by atoms with Gasteiger partial charge in [0.25, 0.3) is 17.4 Å². The summed E-state index contributed by atoms with van der Waals surface area (Å²) >= 11 is 0. The van der Waals surface area contributed by atoms with Crippen LogP contribution in [0, 0.1) is 5.82 Å². The smallest absolute Gasteiger partial charge is 0.369 e. The van der Waals surface area contributed by atoms with E-state index in [0.717, 1.165) is 18.2 Å². The molecule has 2 aromatic carbocycles. The quantitative estimate of drug-likeness (QED) is 0.409. The Balaban J connectivity index is 1.34. The molecule has 0 bridgehead atoms. The average Bonchev–Trinajstić information content (AvgIpc) is 2.93. The number of carbonyl (C=O) groups is 2. The summed E-state index contributed by atoms with van der Waals surface area (Å²) in [5, 5.41) is 11.9. The standard InChI is InChI=1S/C27H23F7N4O3/c28-21-15-19(3-6-22(21)36-23(39)18-7-9-35-10-8-18)24(40)38-13-11-37(12-14-38)16-17-1-4-20(5-2-17)25(41,26(29,30)31)27(32,33)34/h1-10,15,41H,11-14,16H2,(H,36,39). The molecule has 1 aliphatic rings. The van der Waals surface area contributed by atoms with E-state index >= 15 is 0 Å². The van der Waals surface area contributed by atoms with E-state index in [1.807, 2.05) is 4.90 Å². The molecule has 0 spiro atoms. The fraction of sp³-hybridized carbons (Fsp3) is 0.296. The van der Waals surface area contributed by atoms with Gasteiger partial charge in [-0.15, -0.1) is 0 Å². The Kier molecular flexibility index (Phi) is 8.36. The van der Waals surface area contributed by atoms with Crippen molar-refractivity contribution in [2.24, 2.45) is 0 Å². The second-order valence-corrected chi connectivity index (χ2v) is 9.36. The summed E-state index contributed by atoms with van der Waals surface area (Å²) in [6.07, 6.45) is -9.10. The number of hydrogen-bond donors (Lipinski definition) is 2. The average molecular weight is 584 g/mol. The molecule has 14 heteroatoms. The van der Waals surface area contributed by atoms with E-state index < -0.39 is 41.1 Å². The minimum Gasteiger partial charge on any atom is -0.369 e. The summed E-state index contributed by atoms with van der Waals surface area (Å²) in [7, 11) is 0. The van der Waals surface area contributed by atoms with Crippen LogP contribution >= 0.6 is 0 Å². The Morgan fingerprint density at radius 1 is 0.829 bits per heavy atom. The number of aliphatic hydroxyl groups is 1. The Morgan fingerprint density at radius 3 is 1.95 bits per heavy atom. The SMILES string of the molecule is O=C(Nc1ccc(C(=O)N2CCN(Cc3ccc(C(O)(C(F)(F)F)C(F)(F)F)cc3)CC2)cc1F)c1ccncc1. The largest absolute Gasteiger partial charge is 0.430 e. The van der Waals surface area contributed by atoms with Crippen LogP contribution in [0.25, 0.3) is 0 Å². The highest BCUT2D eigenvalue weighted by atomic mass is 19.4. The maximum atomic E-state index is 14.6. The van der Waals surface area contributed by atoms with Crippen LogP contribution in [-0.4, -0.2) is 70.2 Å². The van der Waals surface area contributed by atoms with Gasteiger partial charge in [-0.05, 0) is 35.9 Å². The lowest BCUT2D eigenvalue weighted by Gasteiger charge is -2.35. The highest BCUT2D eigenvalue weighted by molar-refractivity contribution is 6.04. The number of piperazine rings is 1. The van der Waals surface area contributed by atoms with Gasteiger partial charge in [0, 0.05) is 61.8 Å². The topological polar surface area (TPSA) is 85.8 Å². The molecular formula is C27H23F7N4O3. The summed E-state index contributed by atoms with van der Waals surface area (Å²) in [5.41, 5.74) is -5.69. The van der Waals surface area contributed by atoms with Gasteiger partial charge in [0.1, 0.15) is 5.82 Å². The minimum absolute atomic E-state index is 0.0651. The van der Waals surface area contributed by atoms with E-state index in [2.05, 4.69) is 10.3 Å². The number of nitrogens with one attached hydrogen (secondary N) is 1. The van der Waals surface area contributed by atoms with E-state index in [-0.39, 0.29) is 36.4 Å². The van der Waals surface area contributed by atoms with Gasteiger partial charge in [0.05, 0.1) is 5.69 Å². The molecule has 218 valence electrons. The normalized spacial score (nSPS) is 15.1. The van der Waals surface area contributed by atoms with E-state index in [1.54, 1.807) is 0 Å². The number of amides is 2. The Labute approximate surface area is 229 Å². The van der Waals surface area contributed by atoms with E-state index in [1.165, 1.54) is 41.6 Å². The van der Waals surface area contributed by atoms with Crippen LogP contribution in [0.1, 0.15) is 31.8 Å². The number of alkyl halides is 6. The zero-order chi connectivity index (χ0) is 30.0. The molecule has 7 nitrogen and oxygen atoms in total. The van der Waals surface area contributed by atoms with Crippen molar-refractivity contribution in [2.75, 3.05) is 31.5 Å². The molecule has 0 radical (unpaired) electrons. The zero-order valence-corrected chi connectivity index (χ0v) is 21.1. The first kappa shape index (κ1) is 29.9. The van der Waals surface area contributed by atoms with Crippen LogP contribution in [0.4, 0.5) is 36.4 Å². The zero-order valence-electron chi connectivity index (χ0n) is 21.1. The third-order valence-electron chi connectivity index (χ3n) is 6.66. The molecule has 1 saturated heterocycles. The van der Waals surface area contributed by atoms with Gasteiger partial charge in [-0.1, -0.05) is 24.3 Å². The second-order valence-electron chi connectivity index (χ2n) is 9.36. The Bertz CT molecular complexity index is 1370. The van der Waals surface area contributed by atoms with Gasteiger partial charge >= 0.3 is 12.4 Å². The van der Waals surface area contributed by atoms with Crippen molar-refractivity contribution in [1.29, 1.82) is 0 Å². The number of carbonyl (C=O) groups excluding carboxylic acids is 2. The Morgan fingerprint density at radius 2 is 1.41 bits per heavy atom. The summed E-state index contributed by atoms with van der Waals surface area (Å²) in [5.74, 6) is -1.80. The molecule has 4 rings (SSSR count). The predicted octanol–water partition coefficient (Wildman–Crippen LogP) is 4.74. The van der Waals surface area contributed by atoms with Crippen molar-refractivity contribution in [3.63, 3.8) is 0 Å². The second kappa shape index (κ2) is 11.4. The first-order chi connectivity index (χ1) is 19.2. The van der Waals surface area contributed by atoms with Crippen LogP contribution in [0.15, 0.2) is 67.0 Å². The summed E-state index contributed by atoms with van der Waals surface area (Å²) in [6.45, 7) is 1.33. The van der Waals surface area contributed by atoms with Gasteiger partial charge in [-0.2, -0.15) is 26.3 Å². The van der Waals surface area contributed by atoms with Gasteiger partial charge in [0.15, 0.2) is 0 Å². The van der Waals surface area contributed by atoms with Gasteiger partial charge < -0.3 is 15.3 Å². The van der Waals surface area contributed by atoms with Crippen molar-refractivity contribution < 1.29 is 45.4 Å². The number of nitrogens with zero attached hydrogens (tertiary/aromatic N) is 3. The number of pyridine rings is 1. The van der Waals surface area contributed by atoms with Gasteiger partial charge in [-0.25, -0.2) is 4.39 Å². The fourth-order valence-electron chi connectivity index (χ4n) is 4.34. The monoisotopic (exact) mass is 584 g/mol. The molecule has 1 fully saturated rings. The van der Waals surface area contributed by atoms with E-state index in [0.29, 0.717) is 30.8 Å². The molecule has 0 saturated carbocycles. The molecule has 41 heavy (non-hydrogen) atoms. The van der Waals surface area contributed by atoms with Gasteiger partial charge in [-0.3, -0.25) is 19.5 Å². The number of benzene rings is 2. The Hall–Kier alpha value is -4.04. The lowest BCUT2D eigenvalue weighted by atomic mass is 9.91. The third-order valence-corrected chi connectivity index (χ3v) is 6.66. The lowest BCUT2D eigenvalue weighted by Crippen LogP contribution is -2.53. The third kappa shape index (κ3) is 6.33. The van der Waals surface area contributed by atoms with Crippen LogP contribution < -0.4 is 5.32 Å². The highest BCUT2D eigenvalue weighted by Crippen LogP contribution is 2.50. The maximum absolute atomic E-state index is 14.6. The van der Waals surface area contributed by atoms with Crippen molar-refractivity contribution in [1.82, 2.24) is 14.8 Å². The van der Waals surface area contributed by atoms with Crippen molar-refractivity contribution >= 4 is 17.5 Å².